The molecule has 0 aliphatic carbocycles. The zero-order chi connectivity index (χ0) is 17.9. The molecule has 4 aromatic rings. The van der Waals surface area contributed by atoms with Gasteiger partial charge in [-0.15, -0.1) is 11.3 Å². The third-order valence-electron chi connectivity index (χ3n) is 3.93. The quantitative estimate of drug-likeness (QED) is 0.586. The number of aryl methyl sites for hydroxylation is 1. The molecule has 7 heteroatoms. The Bertz CT molecular complexity index is 1060. The molecule has 3 aromatic heterocycles. The fraction of sp³-hybridized carbons (Fsp3) is 0.158. The fourth-order valence-electron chi connectivity index (χ4n) is 2.63. The highest BCUT2D eigenvalue weighted by molar-refractivity contribution is 7.13. The second-order valence-corrected chi connectivity index (χ2v) is 6.80. The maximum Gasteiger partial charge on any atom is 0.226 e. The molecule has 0 aliphatic heterocycles. The van der Waals surface area contributed by atoms with Crippen LogP contribution in [0, 0.1) is 6.92 Å². The van der Waals surface area contributed by atoms with Crippen molar-refractivity contribution in [1.82, 2.24) is 20.4 Å². The first-order valence-corrected chi connectivity index (χ1v) is 9.04. The number of nitrogens with zero attached hydrogens (tertiary/aromatic N) is 3. The third-order valence-corrected chi connectivity index (χ3v) is 4.84. The van der Waals surface area contributed by atoms with E-state index >= 15 is 0 Å². The van der Waals surface area contributed by atoms with Gasteiger partial charge in [-0.1, -0.05) is 22.9 Å². The number of amides is 1. The van der Waals surface area contributed by atoms with Gasteiger partial charge in [0, 0.05) is 17.0 Å². The lowest BCUT2D eigenvalue weighted by Crippen LogP contribution is -2.24. The summed E-state index contributed by atoms with van der Waals surface area (Å²) in [5.74, 6) is -0.117. The molecule has 0 bridgehead atoms. The van der Waals surface area contributed by atoms with Gasteiger partial charge in [-0.2, -0.15) is 0 Å². The van der Waals surface area contributed by atoms with Crippen molar-refractivity contribution >= 4 is 28.2 Å². The van der Waals surface area contributed by atoms with Crippen molar-refractivity contribution in [2.75, 3.05) is 0 Å². The molecule has 1 N–H and O–H groups in total. The Morgan fingerprint density at radius 1 is 1.27 bits per heavy atom. The van der Waals surface area contributed by atoms with E-state index in [9.17, 15) is 4.79 Å². The van der Waals surface area contributed by atoms with Gasteiger partial charge < -0.3 is 9.84 Å². The number of rotatable bonds is 5. The van der Waals surface area contributed by atoms with Gasteiger partial charge in [0.2, 0.25) is 5.91 Å². The molecule has 130 valence electrons. The molecule has 0 spiro atoms. The predicted molar refractivity (Wildman–Crippen MR) is 99.6 cm³/mol. The van der Waals surface area contributed by atoms with Gasteiger partial charge in [-0.05, 0) is 31.2 Å². The minimum absolute atomic E-state index is 0.117. The summed E-state index contributed by atoms with van der Waals surface area (Å²) >= 11 is 1.51. The van der Waals surface area contributed by atoms with E-state index in [1.54, 1.807) is 6.20 Å². The predicted octanol–water partition coefficient (Wildman–Crippen LogP) is 3.51. The second-order valence-electron chi connectivity index (χ2n) is 5.94. The zero-order valence-electron chi connectivity index (χ0n) is 14.1. The smallest absolute Gasteiger partial charge is 0.226 e. The molecule has 0 unspecified atom stereocenters. The van der Waals surface area contributed by atoms with E-state index in [4.69, 9.17) is 4.52 Å². The van der Waals surface area contributed by atoms with Gasteiger partial charge in [0.1, 0.15) is 10.7 Å². The topological polar surface area (TPSA) is 80.9 Å². The van der Waals surface area contributed by atoms with Gasteiger partial charge in [0.05, 0.1) is 24.4 Å². The fourth-order valence-corrected chi connectivity index (χ4v) is 3.42. The molecule has 0 radical (unpaired) electrons. The van der Waals surface area contributed by atoms with Crippen LogP contribution in [0.2, 0.25) is 0 Å². The van der Waals surface area contributed by atoms with E-state index < -0.39 is 0 Å². The molecule has 26 heavy (non-hydrogen) atoms. The summed E-state index contributed by atoms with van der Waals surface area (Å²) in [6.45, 7) is 2.37. The van der Waals surface area contributed by atoms with Gasteiger partial charge in [-0.3, -0.25) is 9.78 Å². The van der Waals surface area contributed by atoms with Crippen LogP contribution in [0.15, 0.2) is 52.5 Å². The van der Waals surface area contributed by atoms with Crippen LogP contribution in [-0.4, -0.2) is 21.0 Å². The van der Waals surface area contributed by atoms with Crippen LogP contribution in [0.1, 0.15) is 17.0 Å². The lowest BCUT2D eigenvalue weighted by molar-refractivity contribution is -0.120. The largest absolute Gasteiger partial charge is 0.356 e. The summed E-state index contributed by atoms with van der Waals surface area (Å²) in [7, 11) is 0. The summed E-state index contributed by atoms with van der Waals surface area (Å²) in [5, 5.41) is 10.6. The number of aromatic nitrogens is 3. The summed E-state index contributed by atoms with van der Waals surface area (Å²) in [4.78, 5) is 21.1. The Hall–Kier alpha value is -3.06. The first-order valence-electron chi connectivity index (χ1n) is 8.16. The lowest BCUT2D eigenvalue weighted by atomic mass is 10.1. The average Bonchev–Trinajstić information content (AvgIpc) is 3.28. The van der Waals surface area contributed by atoms with Gasteiger partial charge in [0.25, 0.3) is 0 Å². The Morgan fingerprint density at radius 2 is 2.19 bits per heavy atom. The molecule has 0 atom stereocenters. The highest BCUT2D eigenvalue weighted by atomic mass is 32.1. The molecule has 6 nitrogen and oxygen atoms in total. The number of pyridine rings is 1. The number of fused-ring (bicyclic) bond motifs is 1. The molecule has 3 heterocycles. The number of hydrogen-bond donors (Lipinski definition) is 1. The van der Waals surface area contributed by atoms with Crippen LogP contribution in [0.3, 0.4) is 0 Å². The van der Waals surface area contributed by atoms with Crippen molar-refractivity contribution in [3.8, 4) is 10.7 Å². The minimum atomic E-state index is -0.117. The monoisotopic (exact) mass is 364 g/mol. The number of carbonyl (C=O) groups is 1. The molecule has 0 saturated carbocycles. The molecule has 0 fully saturated rings. The zero-order valence-corrected chi connectivity index (χ0v) is 14.9. The number of benzene rings is 1. The van der Waals surface area contributed by atoms with Crippen molar-refractivity contribution < 1.29 is 9.32 Å². The van der Waals surface area contributed by atoms with E-state index in [1.807, 2.05) is 48.7 Å². The Labute approximate surface area is 153 Å². The molecule has 1 aromatic carbocycles. The average molecular weight is 364 g/mol. The van der Waals surface area contributed by atoms with E-state index in [0.29, 0.717) is 17.8 Å². The highest BCUT2D eigenvalue weighted by Crippen LogP contribution is 2.22. The number of carbonyl (C=O) groups excluding carboxylic acids is 1. The van der Waals surface area contributed by atoms with Crippen LogP contribution in [-0.2, 0) is 17.8 Å². The molecular formula is C19H16N4O2S. The lowest BCUT2D eigenvalue weighted by Gasteiger charge is -2.02. The van der Waals surface area contributed by atoms with Crippen molar-refractivity contribution in [3.05, 3.63) is 64.9 Å². The number of thiazole rings is 1. The van der Waals surface area contributed by atoms with Gasteiger partial charge >= 0.3 is 0 Å². The Morgan fingerprint density at radius 3 is 3.04 bits per heavy atom. The first kappa shape index (κ1) is 16.4. The van der Waals surface area contributed by atoms with Crippen LogP contribution in [0.5, 0.6) is 0 Å². The first-order chi connectivity index (χ1) is 12.7. The summed E-state index contributed by atoms with van der Waals surface area (Å²) < 4.78 is 5.27. The van der Waals surface area contributed by atoms with Crippen LogP contribution in [0.25, 0.3) is 21.7 Å². The van der Waals surface area contributed by atoms with Gasteiger partial charge in [-0.25, -0.2) is 4.98 Å². The molecule has 4 rings (SSSR count). The SMILES string of the molecule is Cc1ccc2onc(CC(=O)NCc3csc(-c4ccccn4)n3)c2c1. The molecule has 1 amide bonds. The van der Waals surface area contributed by atoms with Gasteiger partial charge in [0.15, 0.2) is 5.58 Å². The van der Waals surface area contributed by atoms with Crippen molar-refractivity contribution in [1.29, 1.82) is 0 Å². The van der Waals surface area contributed by atoms with E-state index in [0.717, 1.165) is 27.3 Å². The van der Waals surface area contributed by atoms with E-state index in [1.165, 1.54) is 11.3 Å². The van der Waals surface area contributed by atoms with Crippen LogP contribution in [0.4, 0.5) is 0 Å². The molecular weight excluding hydrogens is 348 g/mol. The maximum absolute atomic E-state index is 12.3. The number of hydrogen-bond acceptors (Lipinski definition) is 6. The normalized spacial score (nSPS) is 11.0. The standard InChI is InChI=1S/C19H16N4O2S/c1-12-5-6-17-14(8-12)16(23-25-17)9-18(24)21-10-13-11-26-19(22-13)15-4-2-3-7-20-15/h2-8,11H,9-10H2,1H3,(H,21,24). The van der Waals surface area contributed by atoms with Crippen molar-refractivity contribution in [3.63, 3.8) is 0 Å². The Kier molecular flexibility index (Phi) is 4.45. The third kappa shape index (κ3) is 3.48. The Balaban J connectivity index is 1.40. The van der Waals surface area contributed by atoms with Crippen LogP contribution < -0.4 is 5.32 Å². The summed E-state index contributed by atoms with van der Waals surface area (Å²) in [5.41, 5.74) is 4.09. The highest BCUT2D eigenvalue weighted by Gasteiger charge is 2.13. The molecule has 0 aliphatic rings. The maximum atomic E-state index is 12.3. The van der Waals surface area contributed by atoms with E-state index in [2.05, 4.69) is 20.4 Å². The van der Waals surface area contributed by atoms with Crippen molar-refractivity contribution in [2.45, 2.75) is 19.9 Å². The molecule has 0 saturated heterocycles. The summed E-state index contributed by atoms with van der Waals surface area (Å²) in [6, 6.07) is 11.5. The second kappa shape index (κ2) is 7.05. The summed E-state index contributed by atoms with van der Waals surface area (Å²) in [6.07, 6.45) is 1.91. The van der Waals surface area contributed by atoms with E-state index in [-0.39, 0.29) is 12.3 Å². The number of nitrogens with one attached hydrogen (secondary N) is 1. The van der Waals surface area contributed by atoms with Crippen molar-refractivity contribution in [2.24, 2.45) is 0 Å². The van der Waals surface area contributed by atoms with Crippen LogP contribution >= 0.6 is 11.3 Å². The minimum Gasteiger partial charge on any atom is -0.356 e.